The van der Waals surface area contributed by atoms with E-state index in [9.17, 15) is 0 Å². The Morgan fingerprint density at radius 1 is 1.22 bits per heavy atom. The van der Waals surface area contributed by atoms with Crippen LogP contribution in [0.3, 0.4) is 0 Å². The predicted octanol–water partition coefficient (Wildman–Crippen LogP) is 3.79. The average Bonchev–Trinajstić information content (AvgIpc) is 2.62. The van der Waals surface area contributed by atoms with Gasteiger partial charge in [-0.25, -0.2) is 0 Å². The second-order valence-electron chi connectivity index (χ2n) is 7.88. The third-order valence-corrected chi connectivity index (χ3v) is 5.38. The summed E-state index contributed by atoms with van der Waals surface area (Å²) in [7, 11) is 0. The van der Waals surface area contributed by atoms with Crippen LogP contribution < -0.4 is 10.6 Å². The Hall–Kier alpha value is -0.0800. The maximum absolute atomic E-state index is 4.79. The highest BCUT2D eigenvalue weighted by Gasteiger charge is 2.15. The number of rotatable bonds is 12. The van der Waals surface area contributed by atoms with Crippen molar-refractivity contribution in [3.05, 3.63) is 0 Å². The van der Waals surface area contributed by atoms with Crippen LogP contribution in [0.2, 0.25) is 0 Å². The molecule has 1 heterocycles. The molecule has 1 aliphatic heterocycles. The summed E-state index contributed by atoms with van der Waals surface area (Å²) in [4.78, 5) is 9.89. The molecule has 0 aromatic carbocycles. The Morgan fingerprint density at radius 2 is 1.96 bits per heavy atom. The third-order valence-electron chi connectivity index (χ3n) is 5.38. The average molecular weight is 496 g/mol. The van der Waals surface area contributed by atoms with Gasteiger partial charge in [-0.05, 0) is 84.6 Å². The summed E-state index contributed by atoms with van der Waals surface area (Å²) in [5, 5.41) is 6.98. The van der Waals surface area contributed by atoms with Crippen LogP contribution in [0.5, 0.6) is 0 Å². The zero-order valence-electron chi connectivity index (χ0n) is 18.6. The summed E-state index contributed by atoms with van der Waals surface area (Å²) >= 11 is 0. The van der Waals surface area contributed by atoms with Gasteiger partial charge in [-0.15, -0.1) is 24.0 Å². The van der Waals surface area contributed by atoms with Crippen LogP contribution >= 0.6 is 24.0 Å². The van der Waals surface area contributed by atoms with E-state index in [4.69, 9.17) is 4.99 Å². The molecular formula is C21H46IN5. The summed E-state index contributed by atoms with van der Waals surface area (Å²) in [5.74, 6) is 1.85. The van der Waals surface area contributed by atoms with Gasteiger partial charge in [0.15, 0.2) is 5.96 Å². The van der Waals surface area contributed by atoms with Gasteiger partial charge >= 0.3 is 0 Å². The minimum Gasteiger partial charge on any atom is -0.357 e. The maximum Gasteiger partial charge on any atom is 0.191 e. The lowest BCUT2D eigenvalue weighted by Gasteiger charge is -2.30. The van der Waals surface area contributed by atoms with E-state index in [0.717, 1.165) is 44.5 Å². The van der Waals surface area contributed by atoms with Crippen molar-refractivity contribution in [2.24, 2.45) is 10.9 Å². The van der Waals surface area contributed by atoms with Crippen LogP contribution in [0.1, 0.15) is 66.7 Å². The third kappa shape index (κ3) is 12.9. The van der Waals surface area contributed by atoms with E-state index in [-0.39, 0.29) is 24.0 Å². The van der Waals surface area contributed by atoms with E-state index < -0.39 is 0 Å². The number of halogens is 1. The molecule has 0 amide bonds. The number of likely N-dealkylation sites (tertiary alicyclic amines) is 1. The molecule has 27 heavy (non-hydrogen) atoms. The Labute approximate surface area is 186 Å². The minimum atomic E-state index is 0. The van der Waals surface area contributed by atoms with E-state index in [0.29, 0.717) is 6.04 Å². The van der Waals surface area contributed by atoms with Gasteiger partial charge in [0.1, 0.15) is 0 Å². The van der Waals surface area contributed by atoms with Gasteiger partial charge < -0.3 is 20.4 Å². The SMILES string of the molecule is CCNC(=NCCCN1CCCC(C)C1)NC(C)CCCN(CC)CC.I. The molecule has 0 aromatic heterocycles. The highest BCUT2D eigenvalue weighted by molar-refractivity contribution is 14.0. The molecule has 0 aromatic rings. The number of hydrogen-bond acceptors (Lipinski definition) is 3. The number of nitrogens with one attached hydrogen (secondary N) is 2. The van der Waals surface area contributed by atoms with Crippen LogP contribution in [0.25, 0.3) is 0 Å². The summed E-state index contributed by atoms with van der Waals surface area (Å²) < 4.78 is 0. The normalized spacial score (nSPS) is 19.6. The number of guanidine groups is 1. The largest absolute Gasteiger partial charge is 0.357 e. The molecule has 2 N–H and O–H groups in total. The van der Waals surface area contributed by atoms with E-state index in [1.54, 1.807) is 0 Å². The molecule has 1 rings (SSSR count). The number of nitrogens with zero attached hydrogens (tertiary/aromatic N) is 3. The summed E-state index contributed by atoms with van der Waals surface area (Å²) in [6.45, 7) is 20.3. The van der Waals surface area contributed by atoms with Crippen molar-refractivity contribution in [2.45, 2.75) is 72.8 Å². The van der Waals surface area contributed by atoms with Crippen molar-refractivity contribution < 1.29 is 0 Å². The van der Waals surface area contributed by atoms with Crippen molar-refractivity contribution in [2.75, 3.05) is 52.4 Å². The van der Waals surface area contributed by atoms with Gasteiger partial charge in [0, 0.05) is 25.7 Å². The van der Waals surface area contributed by atoms with Gasteiger partial charge in [0.25, 0.3) is 0 Å². The first-order valence-corrected chi connectivity index (χ1v) is 11.1. The summed E-state index contributed by atoms with van der Waals surface area (Å²) in [6.07, 6.45) is 6.34. The minimum absolute atomic E-state index is 0. The standard InChI is InChI=1S/C21H45N5.HI/c1-6-22-21(24-20(5)13-10-15-25(7-2)8-3)23-14-11-17-26-16-9-12-19(4)18-26;/h19-20H,6-18H2,1-5H3,(H2,22,23,24);1H. The predicted molar refractivity (Wildman–Crippen MR) is 130 cm³/mol. The molecule has 0 saturated carbocycles. The van der Waals surface area contributed by atoms with E-state index in [1.165, 1.54) is 51.9 Å². The molecule has 0 bridgehead atoms. The van der Waals surface area contributed by atoms with Gasteiger partial charge in [0.2, 0.25) is 0 Å². The highest BCUT2D eigenvalue weighted by Crippen LogP contribution is 2.15. The van der Waals surface area contributed by atoms with Crippen LogP contribution in [0.15, 0.2) is 4.99 Å². The van der Waals surface area contributed by atoms with Gasteiger partial charge in [0.05, 0.1) is 0 Å². The zero-order chi connectivity index (χ0) is 19.2. The molecule has 0 spiro atoms. The molecule has 5 nitrogen and oxygen atoms in total. The Bertz CT molecular complexity index is 374. The van der Waals surface area contributed by atoms with Crippen molar-refractivity contribution in [1.29, 1.82) is 0 Å². The van der Waals surface area contributed by atoms with Gasteiger partial charge in [-0.3, -0.25) is 4.99 Å². The lowest BCUT2D eigenvalue weighted by molar-refractivity contribution is 0.183. The lowest BCUT2D eigenvalue weighted by atomic mass is 10.0. The molecule has 2 unspecified atom stereocenters. The van der Waals surface area contributed by atoms with E-state index in [1.807, 2.05) is 0 Å². The Kier molecular flexibility index (Phi) is 16.8. The Balaban J connectivity index is 0.00000676. The van der Waals surface area contributed by atoms with Crippen LogP contribution in [-0.2, 0) is 0 Å². The lowest BCUT2D eigenvalue weighted by Crippen LogP contribution is -2.42. The topological polar surface area (TPSA) is 42.9 Å². The van der Waals surface area contributed by atoms with Gasteiger partial charge in [-0.1, -0.05) is 20.8 Å². The zero-order valence-corrected chi connectivity index (χ0v) is 20.9. The fourth-order valence-electron chi connectivity index (χ4n) is 3.76. The van der Waals surface area contributed by atoms with Crippen molar-refractivity contribution in [1.82, 2.24) is 20.4 Å². The maximum atomic E-state index is 4.79. The number of hydrogen-bond donors (Lipinski definition) is 2. The fourth-order valence-corrected chi connectivity index (χ4v) is 3.76. The first kappa shape index (κ1) is 26.9. The summed E-state index contributed by atoms with van der Waals surface area (Å²) in [5.41, 5.74) is 0. The van der Waals surface area contributed by atoms with E-state index >= 15 is 0 Å². The number of aliphatic imine (C=N–C) groups is 1. The Morgan fingerprint density at radius 3 is 2.59 bits per heavy atom. The van der Waals surface area contributed by atoms with Crippen LogP contribution in [-0.4, -0.2) is 74.2 Å². The molecule has 1 fully saturated rings. The highest BCUT2D eigenvalue weighted by atomic mass is 127. The van der Waals surface area contributed by atoms with Crippen LogP contribution in [0.4, 0.5) is 0 Å². The van der Waals surface area contributed by atoms with E-state index in [2.05, 4.69) is 55.1 Å². The molecule has 0 radical (unpaired) electrons. The fraction of sp³-hybridized carbons (Fsp3) is 0.952. The monoisotopic (exact) mass is 495 g/mol. The van der Waals surface area contributed by atoms with Crippen molar-refractivity contribution in [3.63, 3.8) is 0 Å². The van der Waals surface area contributed by atoms with Crippen LogP contribution in [0, 0.1) is 5.92 Å². The molecule has 6 heteroatoms. The first-order chi connectivity index (χ1) is 12.6. The second kappa shape index (κ2) is 16.8. The van der Waals surface area contributed by atoms with Crippen molar-refractivity contribution in [3.8, 4) is 0 Å². The second-order valence-corrected chi connectivity index (χ2v) is 7.88. The molecule has 1 aliphatic rings. The number of piperidine rings is 1. The molecule has 0 aliphatic carbocycles. The van der Waals surface area contributed by atoms with Crippen molar-refractivity contribution >= 4 is 29.9 Å². The first-order valence-electron chi connectivity index (χ1n) is 11.1. The summed E-state index contributed by atoms with van der Waals surface area (Å²) in [6, 6.07) is 0.464. The molecule has 1 saturated heterocycles. The van der Waals surface area contributed by atoms with Gasteiger partial charge in [-0.2, -0.15) is 0 Å². The molecular weight excluding hydrogens is 449 g/mol. The molecule has 2 atom stereocenters. The quantitative estimate of drug-likeness (QED) is 0.187. The smallest absolute Gasteiger partial charge is 0.191 e. The molecule has 162 valence electrons.